The number of piperidine rings is 1. The van der Waals surface area contributed by atoms with Gasteiger partial charge in [-0.1, -0.05) is 6.92 Å². The molecule has 2 fully saturated rings. The van der Waals surface area contributed by atoms with Gasteiger partial charge < -0.3 is 34.2 Å². The van der Waals surface area contributed by atoms with Crippen LogP contribution in [0.15, 0.2) is 12.1 Å². The third kappa shape index (κ3) is 7.30. The molecule has 1 aliphatic carbocycles. The molecule has 2 atom stereocenters. The van der Waals surface area contributed by atoms with E-state index in [0.717, 1.165) is 6.42 Å². The molecule has 2 aliphatic heterocycles. The Kier molecular flexibility index (Phi) is 10.5. The van der Waals surface area contributed by atoms with Gasteiger partial charge >= 0.3 is 18.5 Å². The first-order valence-electron chi connectivity index (χ1n) is 15.5. The summed E-state index contributed by atoms with van der Waals surface area (Å²) < 4.78 is 40.8. The number of benzene rings is 1. The monoisotopic (exact) mass is 636 g/mol. The second-order valence-electron chi connectivity index (χ2n) is 12.0. The Morgan fingerprint density at radius 2 is 1.84 bits per heavy atom. The normalized spacial score (nSPS) is 19.4. The van der Waals surface area contributed by atoms with Crippen molar-refractivity contribution in [1.29, 1.82) is 0 Å². The van der Waals surface area contributed by atoms with Crippen LogP contribution in [0.1, 0.15) is 82.1 Å². The molecule has 1 unspecified atom stereocenters. The maximum atomic E-state index is 14.2. The summed E-state index contributed by atoms with van der Waals surface area (Å²) >= 11 is 0. The van der Waals surface area contributed by atoms with E-state index in [2.05, 4.69) is 10.1 Å². The van der Waals surface area contributed by atoms with E-state index >= 15 is 0 Å². The number of halogens is 2. The van der Waals surface area contributed by atoms with Gasteiger partial charge in [0.25, 0.3) is 11.8 Å². The standard InChI is InChI=1S/C31H42F2N4O8/c1-6-25(38)34-12-14-36-23-16-22(19(4)15-24(23)45-31(29(36)41)10-8-11-31)27(39)37(18(2)3)21-9-7-13-35(17-21)30(42)44-20(5)43-28(40)26(32)33/h15-16,18,20-21,26H,6-14,17H2,1-5H3,(H,34,38)/t20?,21-/m1/s1. The predicted octanol–water partition coefficient (Wildman–Crippen LogP) is 3.78. The lowest BCUT2D eigenvalue weighted by Gasteiger charge is -2.47. The summed E-state index contributed by atoms with van der Waals surface area (Å²) in [6.45, 7) is 9.35. The quantitative estimate of drug-likeness (QED) is 0.303. The number of amides is 4. The number of esters is 1. The highest BCUT2D eigenvalue weighted by atomic mass is 19.3. The molecule has 45 heavy (non-hydrogen) atoms. The molecular formula is C31H42F2N4O8. The Bertz CT molecular complexity index is 1320. The zero-order valence-electron chi connectivity index (χ0n) is 26.4. The molecule has 1 spiro atoms. The summed E-state index contributed by atoms with van der Waals surface area (Å²) in [5, 5.41) is 2.81. The molecule has 2 heterocycles. The molecule has 1 saturated carbocycles. The van der Waals surface area contributed by atoms with Crippen LogP contribution in [0, 0.1) is 6.92 Å². The highest BCUT2D eigenvalue weighted by molar-refractivity contribution is 6.05. The number of likely N-dealkylation sites (tertiary alicyclic amines) is 1. The molecule has 4 rings (SSSR count). The number of rotatable bonds is 10. The van der Waals surface area contributed by atoms with Gasteiger partial charge in [-0.05, 0) is 70.6 Å². The number of fused-ring (bicyclic) bond motifs is 1. The topological polar surface area (TPSA) is 135 Å². The highest BCUT2D eigenvalue weighted by Gasteiger charge is 2.52. The summed E-state index contributed by atoms with van der Waals surface area (Å²) in [4.78, 5) is 68.3. The molecule has 14 heteroatoms. The van der Waals surface area contributed by atoms with Crippen molar-refractivity contribution in [3.8, 4) is 5.75 Å². The van der Waals surface area contributed by atoms with Crippen molar-refractivity contribution in [2.24, 2.45) is 0 Å². The van der Waals surface area contributed by atoms with E-state index in [9.17, 15) is 32.8 Å². The lowest BCUT2D eigenvalue weighted by molar-refractivity contribution is -0.178. The van der Waals surface area contributed by atoms with Crippen LogP contribution < -0.4 is 15.0 Å². The Morgan fingerprint density at radius 3 is 2.44 bits per heavy atom. The molecule has 1 N–H and O–H groups in total. The van der Waals surface area contributed by atoms with Crippen molar-refractivity contribution in [1.82, 2.24) is 15.1 Å². The Balaban J connectivity index is 1.55. The van der Waals surface area contributed by atoms with E-state index in [1.54, 1.807) is 35.8 Å². The smallest absolute Gasteiger partial charge is 0.412 e. The molecule has 1 aromatic carbocycles. The van der Waals surface area contributed by atoms with Crippen LogP contribution >= 0.6 is 0 Å². The lowest BCUT2D eigenvalue weighted by atomic mass is 9.77. The van der Waals surface area contributed by atoms with Crippen LogP contribution in [-0.2, 0) is 23.9 Å². The van der Waals surface area contributed by atoms with Crippen molar-refractivity contribution in [2.45, 2.75) is 104 Å². The summed E-state index contributed by atoms with van der Waals surface area (Å²) in [6.07, 6.45) is -2.18. The first kappa shape index (κ1) is 33.9. The number of anilines is 1. The van der Waals surface area contributed by atoms with Gasteiger partial charge in [-0.3, -0.25) is 14.4 Å². The fourth-order valence-electron chi connectivity index (χ4n) is 6.03. The van der Waals surface area contributed by atoms with Crippen molar-refractivity contribution < 1.29 is 47.0 Å². The number of carbonyl (C=O) groups excluding carboxylic acids is 5. The van der Waals surface area contributed by atoms with Gasteiger partial charge in [0.05, 0.1) is 11.7 Å². The van der Waals surface area contributed by atoms with Gasteiger partial charge in [0.15, 0.2) is 5.60 Å². The minimum Gasteiger partial charge on any atom is -0.475 e. The Hall–Kier alpha value is -3.97. The Morgan fingerprint density at radius 1 is 1.13 bits per heavy atom. The maximum absolute atomic E-state index is 14.2. The van der Waals surface area contributed by atoms with E-state index in [-0.39, 0.29) is 43.4 Å². The molecule has 0 bridgehead atoms. The average Bonchev–Trinajstić information content (AvgIpc) is 2.96. The summed E-state index contributed by atoms with van der Waals surface area (Å²) in [6, 6.07) is 2.78. The molecule has 248 valence electrons. The lowest BCUT2D eigenvalue weighted by Crippen LogP contribution is -2.61. The number of nitrogens with zero attached hydrogens (tertiary/aromatic N) is 3. The molecule has 0 aromatic heterocycles. The maximum Gasteiger partial charge on any atom is 0.412 e. The van der Waals surface area contributed by atoms with Crippen molar-refractivity contribution in [3.05, 3.63) is 23.3 Å². The van der Waals surface area contributed by atoms with Gasteiger partial charge in [0, 0.05) is 51.1 Å². The molecule has 1 aromatic rings. The summed E-state index contributed by atoms with van der Waals surface area (Å²) in [7, 11) is 0. The fourth-order valence-corrected chi connectivity index (χ4v) is 6.03. The SMILES string of the molecule is CCC(=O)NCCN1C(=O)C2(CCC2)Oc2cc(C)c(C(=O)N(C(C)C)[C@@H]3CCCN(C(=O)OC(C)OC(=O)C(F)F)C3)cc21. The molecule has 1 saturated heterocycles. The average molecular weight is 637 g/mol. The molecule has 0 radical (unpaired) electrons. The van der Waals surface area contributed by atoms with Crippen molar-refractivity contribution >= 4 is 35.5 Å². The van der Waals surface area contributed by atoms with Crippen LogP contribution in [0.3, 0.4) is 0 Å². The van der Waals surface area contributed by atoms with Crippen LogP contribution in [0.5, 0.6) is 5.75 Å². The zero-order valence-corrected chi connectivity index (χ0v) is 26.4. The number of nitrogens with one attached hydrogen (secondary N) is 1. The molecule has 12 nitrogen and oxygen atoms in total. The van der Waals surface area contributed by atoms with Gasteiger partial charge in [-0.25, -0.2) is 9.59 Å². The van der Waals surface area contributed by atoms with E-state index in [4.69, 9.17) is 9.47 Å². The first-order valence-corrected chi connectivity index (χ1v) is 15.5. The van der Waals surface area contributed by atoms with Gasteiger partial charge in [-0.2, -0.15) is 8.78 Å². The van der Waals surface area contributed by atoms with E-state index in [1.165, 1.54) is 11.8 Å². The van der Waals surface area contributed by atoms with E-state index in [1.807, 2.05) is 13.8 Å². The minimum atomic E-state index is -3.35. The number of hydrogen-bond acceptors (Lipinski definition) is 8. The van der Waals surface area contributed by atoms with Crippen LogP contribution in [0.4, 0.5) is 19.3 Å². The predicted molar refractivity (Wildman–Crippen MR) is 158 cm³/mol. The van der Waals surface area contributed by atoms with E-state index in [0.29, 0.717) is 61.2 Å². The Labute approximate surface area is 261 Å². The summed E-state index contributed by atoms with van der Waals surface area (Å²) in [5.41, 5.74) is 0.564. The number of ether oxygens (including phenoxy) is 3. The number of alkyl halides is 2. The van der Waals surface area contributed by atoms with Crippen molar-refractivity contribution in [2.75, 3.05) is 31.1 Å². The molecular weight excluding hydrogens is 594 g/mol. The minimum absolute atomic E-state index is 0.121. The number of aryl methyl sites for hydroxylation is 1. The van der Waals surface area contributed by atoms with Crippen molar-refractivity contribution in [3.63, 3.8) is 0 Å². The second kappa shape index (κ2) is 14.0. The molecule has 4 amide bonds. The third-order valence-corrected chi connectivity index (χ3v) is 8.47. The van der Waals surface area contributed by atoms with Gasteiger partial charge in [0.1, 0.15) is 5.75 Å². The highest BCUT2D eigenvalue weighted by Crippen LogP contribution is 2.47. The largest absolute Gasteiger partial charge is 0.475 e. The zero-order chi connectivity index (χ0) is 33.1. The second-order valence-corrected chi connectivity index (χ2v) is 12.0. The van der Waals surface area contributed by atoms with Gasteiger partial charge in [-0.15, -0.1) is 0 Å². The summed E-state index contributed by atoms with van der Waals surface area (Å²) in [5.74, 6) is -1.89. The van der Waals surface area contributed by atoms with E-state index < -0.39 is 36.4 Å². The molecule has 3 aliphatic rings. The fraction of sp³-hybridized carbons (Fsp3) is 0.645. The van der Waals surface area contributed by atoms with Crippen LogP contribution in [0.2, 0.25) is 0 Å². The number of carbonyl (C=O) groups is 5. The third-order valence-electron chi connectivity index (χ3n) is 8.47. The van der Waals surface area contributed by atoms with Crippen LogP contribution in [-0.4, -0.2) is 96.2 Å². The van der Waals surface area contributed by atoms with Gasteiger partial charge in [0.2, 0.25) is 12.2 Å². The number of hydrogen-bond donors (Lipinski definition) is 1. The first-order chi connectivity index (χ1) is 21.3. The van der Waals surface area contributed by atoms with Crippen LogP contribution in [0.25, 0.3) is 0 Å².